The van der Waals surface area contributed by atoms with Crippen LogP contribution in [0.2, 0.25) is 0 Å². The van der Waals surface area contributed by atoms with Gasteiger partial charge in [-0.05, 0) is 27.7 Å². The maximum atomic E-state index is 11.7. The number of hydrogen-bond acceptors (Lipinski definition) is 6. The van der Waals surface area contributed by atoms with Gasteiger partial charge in [-0.2, -0.15) is 4.98 Å². The van der Waals surface area contributed by atoms with Gasteiger partial charge in [-0.25, -0.2) is 9.78 Å². The third kappa shape index (κ3) is 2.88. The van der Waals surface area contributed by atoms with Gasteiger partial charge in [0, 0.05) is 13.1 Å². The Morgan fingerprint density at radius 3 is 2.33 bits per heavy atom. The summed E-state index contributed by atoms with van der Waals surface area (Å²) in [5, 5.41) is 0. The number of aryl methyl sites for hydroxylation is 1. The number of rotatable bonds is 5. The minimum Gasteiger partial charge on any atom is -0.462 e. The second-order valence-corrected chi connectivity index (χ2v) is 3.76. The van der Waals surface area contributed by atoms with Gasteiger partial charge >= 0.3 is 5.97 Å². The van der Waals surface area contributed by atoms with Crippen LogP contribution in [0.4, 0.5) is 11.8 Å². The van der Waals surface area contributed by atoms with Crippen LogP contribution in [-0.2, 0) is 4.74 Å². The van der Waals surface area contributed by atoms with E-state index in [1.807, 2.05) is 18.7 Å². The van der Waals surface area contributed by atoms with Gasteiger partial charge in [0.2, 0.25) is 5.95 Å². The first-order chi connectivity index (χ1) is 8.54. The van der Waals surface area contributed by atoms with Crippen LogP contribution >= 0.6 is 0 Å². The Labute approximate surface area is 107 Å². The Hall–Kier alpha value is -1.85. The van der Waals surface area contributed by atoms with Crippen molar-refractivity contribution in [1.29, 1.82) is 0 Å². The molecule has 0 spiro atoms. The zero-order chi connectivity index (χ0) is 13.7. The molecule has 0 bridgehead atoms. The number of esters is 1. The maximum Gasteiger partial charge on any atom is 0.343 e. The van der Waals surface area contributed by atoms with Gasteiger partial charge in [0.15, 0.2) is 0 Å². The number of nitrogen functional groups attached to an aromatic ring is 1. The summed E-state index contributed by atoms with van der Waals surface area (Å²) in [6, 6.07) is 0. The second-order valence-electron chi connectivity index (χ2n) is 3.76. The van der Waals surface area contributed by atoms with Gasteiger partial charge in [-0.15, -0.1) is 0 Å². The van der Waals surface area contributed by atoms with Crippen molar-refractivity contribution < 1.29 is 9.53 Å². The molecule has 0 aliphatic carbocycles. The zero-order valence-electron chi connectivity index (χ0n) is 11.4. The third-order valence-corrected chi connectivity index (χ3v) is 2.63. The largest absolute Gasteiger partial charge is 0.462 e. The van der Waals surface area contributed by atoms with E-state index >= 15 is 0 Å². The van der Waals surface area contributed by atoms with Crippen LogP contribution in [0.5, 0.6) is 0 Å². The van der Waals surface area contributed by atoms with Crippen LogP contribution in [0, 0.1) is 6.92 Å². The number of ether oxygens (including phenoxy) is 1. The maximum absolute atomic E-state index is 11.7. The molecule has 0 fully saturated rings. The van der Waals surface area contributed by atoms with Crippen LogP contribution in [-0.4, -0.2) is 35.6 Å². The Balaban J connectivity index is 3.15. The van der Waals surface area contributed by atoms with Crippen molar-refractivity contribution in [3.05, 3.63) is 11.3 Å². The average molecular weight is 252 g/mol. The summed E-state index contributed by atoms with van der Waals surface area (Å²) in [4.78, 5) is 22.2. The summed E-state index contributed by atoms with van der Waals surface area (Å²) in [6.45, 7) is 9.37. The van der Waals surface area contributed by atoms with Gasteiger partial charge in [-0.3, -0.25) is 0 Å². The predicted molar refractivity (Wildman–Crippen MR) is 70.7 cm³/mol. The van der Waals surface area contributed by atoms with Gasteiger partial charge in [0.05, 0.1) is 12.3 Å². The van der Waals surface area contributed by atoms with Crippen LogP contribution in [0.25, 0.3) is 0 Å². The van der Waals surface area contributed by atoms with Gasteiger partial charge in [-0.1, -0.05) is 0 Å². The van der Waals surface area contributed by atoms with E-state index in [2.05, 4.69) is 9.97 Å². The number of aromatic nitrogens is 2. The van der Waals surface area contributed by atoms with Crippen molar-refractivity contribution in [2.45, 2.75) is 27.7 Å². The van der Waals surface area contributed by atoms with E-state index in [9.17, 15) is 4.79 Å². The summed E-state index contributed by atoms with van der Waals surface area (Å²) < 4.78 is 4.93. The van der Waals surface area contributed by atoms with E-state index in [0.29, 0.717) is 18.2 Å². The molecular formula is C12H20N4O2. The van der Waals surface area contributed by atoms with E-state index in [-0.39, 0.29) is 11.4 Å². The standard InChI is InChI=1S/C12H20N4O2/c1-5-16(6-2)12-14-8(4)9(10(13)15-12)11(17)18-7-3/h5-7H2,1-4H3,(H2,13,14,15). The summed E-state index contributed by atoms with van der Waals surface area (Å²) in [7, 11) is 0. The first kappa shape index (κ1) is 14.2. The fourth-order valence-electron chi connectivity index (χ4n) is 1.68. The van der Waals surface area contributed by atoms with E-state index in [4.69, 9.17) is 10.5 Å². The molecule has 2 N–H and O–H groups in total. The van der Waals surface area contributed by atoms with E-state index in [0.717, 1.165) is 13.1 Å². The monoisotopic (exact) mass is 252 g/mol. The molecule has 0 saturated carbocycles. The molecule has 0 unspecified atom stereocenters. The predicted octanol–water partition coefficient (Wildman–Crippen LogP) is 1.39. The molecule has 0 aromatic carbocycles. The third-order valence-electron chi connectivity index (χ3n) is 2.63. The highest BCUT2D eigenvalue weighted by atomic mass is 16.5. The second kappa shape index (κ2) is 6.18. The molecule has 1 rings (SSSR count). The number of carbonyl (C=O) groups excluding carboxylic acids is 1. The Morgan fingerprint density at radius 1 is 1.28 bits per heavy atom. The lowest BCUT2D eigenvalue weighted by molar-refractivity contribution is 0.0526. The van der Waals surface area contributed by atoms with E-state index in [1.54, 1.807) is 13.8 Å². The molecule has 18 heavy (non-hydrogen) atoms. The van der Waals surface area contributed by atoms with Crippen LogP contribution in [0.15, 0.2) is 0 Å². The van der Waals surface area contributed by atoms with Crippen molar-refractivity contribution in [2.24, 2.45) is 0 Å². The van der Waals surface area contributed by atoms with Crippen molar-refractivity contribution >= 4 is 17.7 Å². The lowest BCUT2D eigenvalue weighted by atomic mass is 10.2. The van der Waals surface area contributed by atoms with Crippen LogP contribution in [0.1, 0.15) is 36.8 Å². The molecule has 1 aromatic heterocycles. The SMILES string of the molecule is CCOC(=O)c1c(C)nc(N(CC)CC)nc1N. The fraction of sp³-hybridized carbons (Fsp3) is 0.583. The van der Waals surface area contributed by atoms with Gasteiger partial charge < -0.3 is 15.4 Å². The molecule has 6 nitrogen and oxygen atoms in total. The number of nitrogens with zero attached hydrogens (tertiary/aromatic N) is 3. The van der Waals surface area contributed by atoms with Crippen molar-refractivity contribution in [3.63, 3.8) is 0 Å². The van der Waals surface area contributed by atoms with Crippen molar-refractivity contribution in [2.75, 3.05) is 30.3 Å². The number of nitrogens with two attached hydrogens (primary N) is 1. The lowest BCUT2D eigenvalue weighted by Gasteiger charge is -2.20. The first-order valence-electron chi connectivity index (χ1n) is 6.11. The van der Waals surface area contributed by atoms with E-state index < -0.39 is 5.97 Å². The van der Waals surface area contributed by atoms with Gasteiger partial charge in [0.25, 0.3) is 0 Å². The first-order valence-corrected chi connectivity index (χ1v) is 6.11. The van der Waals surface area contributed by atoms with Crippen LogP contribution < -0.4 is 10.6 Å². The highest BCUT2D eigenvalue weighted by Gasteiger charge is 2.19. The van der Waals surface area contributed by atoms with Crippen molar-refractivity contribution in [3.8, 4) is 0 Å². The summed E-state index contributed by atoms with van der Waals surface area (Å²) >= 11 is 0. The van der Waals surface area contributed by atoms with Crippen LogP contribution in [0.3, 0.4) is 0 Å². The van der Waals surface area contributed by atoms with Crippen molar-refractivity contribution in [1.82, 2.24) is 9.97 Å². The normalized spacial score (nSPS) is 10.2. The summed E-state index contributed by atoms with van der Waals surface area (Å²) in [5.74, 6) is 0.240. The number of carbonyl (C=O) groups is 1. The molecular weight excluding hydrogens is 232 g/mol. The molecule has 1 heterocycles. The Bertz CT molecular complexity index is 407. The van der Waals surface area contributed by atoms with E-state index in [1.165, 1.54) is 0 Å². The topological polar surface area (TPSA) is 81.3 Å². The number of anilines is 2. The molecule has 100 valence electrons. The smallest absolute Gasteiger partial charge is 0.343 e. The molecule has 1 aromatic rings. The lowest BCUT2D eigenvalue weighted by Crippen LogP contribution is -2.26. The minimum atomic E-state index is -0.474. The molecule has 0 amide bonds. The molecule has 0 radical (unpaired) electrons. The zero-order valence-corrected chi connectivity index (χ0v) is 11.4. The molecule has 0 aliphatic rings. The Kier molecular flexibility index (Phi) is 4.88. The molecule has 0 saturated heterocycles. The molecule has 6 heteroatoms. The summed E-state index contributed by atoms with van der Waals surface area (Å²) in [5.41, 5.74) is 6.62. The fourth-order valence-corrected chi connectivity index (χ4v) is 1.68. The quantitative estimate of drug-likeness (QED) is 0.797. The summed E-state index contributed by atoms with van der Waals surface area (Å²) in [6.07, 6.45) is 0. The highest BCUT2D eigenvalue weighted by Crippen LogP contribution is 2.18. The Morgan fingerprint density at radius 2 is 1.89 bits per heavy atom. The van der Waals surface area contributed by atoms with Gasteiger partial charge in [0.1, 0.15) is 11.4 Å². The molecule has 0 aliphatic heterocycles. The highest BCUT2D eigenvalue weighted by molar-refractivity contribution is 5.95. The number of hydrogen-bond donors (Lipinski definition) is 1. The molecule has 0 atom stereocenters. The minimum absolute atomic E-state index is 0.169. The average Bonchev–Trinajstić information content (AvgIpc) is 2.30.